The number of para-hydroxylation sites is 1. The Morgan fingerprint density at radius 3 is 2.96 bits per heavy atom. The maximum atomic E-state index is 11.7. The molecule has 1 aromatic heterocycles. The molecule has 5 nitrogen and oxygen atoms in total. The highest BCUT2D eigenvalue weighted by Crippen LogP contribution is 2.19. The average molecular weight is 326 g/mol. The molecule has 128 valence electrons. The van der Waals surface area contributed by atoms with Crippen LogP contribution in [0, 0.1) is 5.92 Å². The first-order valence-electron chi connectivity index (χ1n) is 8.71. The van der Waals surface area contributed by atoms with Crippen LogP contribution in [0.3, 0.4) is 0 Å². The van der Waals surface area contributed by atoms with Crippen LogP contribution in [-0.2, 0) is 6.54 Å². The summed E-state index contributed by atoms with van der Waals surface area (Å²) in [5.74, 6) is 0.517. The summed E-state index contributed by atoms with van der Waals surface area (Å²) in [6, 6.07) is 12.6. The van der Waals surface area contributed by atoms with E-state index in [1.54, 1.807) is 0 Å². The van der Waals surface area contributed by atoms with Crippen LogP contribution in [0.15, 0.2) is 36.4 Å². The molecule has 1 saturated heterocycles. The first-order valence-corrected chi connectivity index (χ1v) is 8.71. The fraction of sp³-hybridized carbons (Fsp3) is 0.474. The predicted octanol–water partition coefficient (Wildman–Crippen LogP) is 2.76. The average Bonchev–Trinajstić information content (AvgIpc) is 3.00. The smallest absolute Gasteiger partial charge is 0.314 e. The third kappa shape index (κ3) is 4.45. The van der Waals surface area contributed by atoms with E-state index in [9.17, 15) is 4.79 Å². The van der Waals surface area contributed by atoms with Crippen LogP contribution < -0.4 is 10.6 Å². The quantitative estimate of drug-likeness (QED) is 0.888. The minimum Gasteiger partial charge on any atom is -0.338 e. The highest BCUT2D eigenvalue weighted by Gasteiger charge is 2.23. The van der Waals surface area contributed by atoms with Gasteiger partial charge in [0.05, 0.1) is 11.2 Å². The van der Waals surface area contributed by atoms with Gasteiger partial charge in [0, 0.05) is 31.1 Å². The minimum atomic E-state index is -0.0698. The molecular formula is C19H26N4O. The lowest BCUT2D eigenvalue weighted by Crippen LogP contribution is -2.41. The fourth-order valence-electron chi connectivity index (χ4n) is 3.20. The fourth-order valence-corrected chi connectivity index (χ4v) is 3.20. The molecule has 0 unspecified atom stereocenters. The van der Waals surface area contributed by atoms with E-state index in [1.807, 2.05) is 26.0 Å². The molecule has 3 rings (SSSR count). The molecule has 1 fully saturated rings. The first-order chi connectivity index (χ1) is 11.6. The van der Waals surface area contributed by atoms with Gasteiger partial charge in [-0.25, -0.2) is 4.79 Å². The molecule has 1 aromatic carbocycles. The Bertz CT molecular complexity index is 701. The number of urea groups is 1. The standard InChI is InChI=1S/C19H26N4O/c1-14(2)21-19(24)20-11-15-9-10-23(12-15)13-17-8-7-16-5-3-4-6-18(16)22-17/h3-8,14-15H,9-13H2,1-2H3,(H2,20,21,24)/t15-/m1/s1. The summed E-state index contributed by atoms with van der Waals surface area (Å²) in [6.07, 6.45) is 1.12. The van der Waals surface area contributed by atoms with Crippen LogP contribution in [0.25, 0.3) is 10.9 Å². The van der Waals surface area contributed by atoms with Crippen LogP contribution in [0.5, 0.6) is 0 Å². The number of likely N-dealkylation sites (tertiary alicyclic amines) is 1. The number of aromatic nitrogens is 1. The van der Waals surface area contributed by atoms with Crippen molar-refractivity contribution >= 4 is 16.9 Å². The van der Waals surface area contributed by atoms with Gasteiger partial charge in [0.25, 0.3) is 0 Å². The Morgan fingerprint density at radius 2 is 2.12 bits per heavy atom. The van der Waals surface area contributed by atoms with E-state index in [0.717, 1.165) is 43.8 Å². The third-order valence-corrected chi connectivity index (χ3v) is 4.38. The second-order valence-electron chi connectivity index (χ2n) is 6.89. The number of nitrogens with zero attached hydrogens (tertiary/aromatic N) is 2. The van der Waals surface area contributed by atoms with E-state index < -0.39 is 0 Å². The molecule has 1 aliphatic rings. The number of fused-ring (bicyclic) bond motifs is 1. The van der Waals surface area contributed by atoms with Crippen LogP contribution in [0.1, 0.15) is 26.0 Å². The molecule has 1 atom stereocenters. The Labute approximate surface area is 143 Å². The van der Waals surface area contributed by atoms with Crippen LogP contribution >= 0.6 is 0 Å². The minimum absolute atomic E-state index is 0.0698. The lowest BCUT2D eigenvalue weighted by Gasteiger charge is -2.17. The number of rotatable bonds is 5. The highest BCUT2D eigenvalue weighted by molar-refractivity contribution is 5.78. The zero-order valence-corrected chi connectivity index (χ0v) is 14.5. The van der Waals surface area contributed by atoms with Gasteiger partial charge in [-0.05, 0) is 44.9 Å². The summed E-state index contributed by atoms with van der Waals surface area (Å²) in [6.45, 7) is 7.61. The second kappa shape index (κ2) is 7.62. The topological polar surface area (TPSA) is 57.3 Å². The number of carbonyl (C=O) groups is 1. The molecule has 0 bridgehead atoms. The molecule has 24 heavy (non-hydrogen) atoms. The van der Waals surface area contributed by atoms with Crippen molar-refractivity contribution in [3.05, 3.63) is 42.1 Å². The molecule has 2 amide bonds. The third-order valence-electron chi connectivity index (χ3n) is 4.38. The van der Waals surface area contributed by atoms with Crippen molar-refractivity contribution in [1.29, 1.82) is 0 Å². The van der Waals surface area contributed by atoms with Gasteiger partial charge in [-0.15, -0.1) is 0 Å². The van der Waals surface area contributed by atoms with E-state index in [0.29, 0.717) is 5.92 Å². The summed E-state index contributed by atoms with van der Waals surface area (Å²) in [5.41, 5.74) is 2.16. The van der Waals surface area contributed by atoms with Gasteiger partial charge in [-0.3, -0.25) is 9.88 Å². The van der Waals surface area contributed by atoms with Crippen molar-refractivity contribution in [3.63, 3.8) is 0 Å². The molecule has 5 heteroatoms. The van der Waals surface area contributed by atoms with Crippen molar-refractivity contribution in [1.82, 2.24) is 20.5 Å². The van der Waals surface area contributed by atoms with Crippen molar-refractivity contribution < 1.29 is 4.79 Å². The van der Waals surface area contributed by atoms with Gasteiger partial charge >= 0.3 is 6.03 Å². The SMILES string of the molecule is CC(C)NC(=O)NC[C@H]1CCN(Cc2ccc3ccccc3n2)C1. The molecular weight excluding hydrogens is 300 g/mol. The maximum absolute atomic E-state index is 11.7. The number of hydrogen-bond donors (Lipinski definition) is 2. The Hall–Kier alpha value is -2.14. The van der Waals surface area contributed by atoms with Gasteiger partial charge in [0.2, 0.25) is 0 Å². The largest absolute Gasteiger partial charge is 0.338 e. The van der Waals surface area contributed by atoms with Crippen molar-refractivity contribution in [2.45, 2.75) is 32.9 Å². The molecule has 0 saturated carbocycles. The molecule has 0 aliphatic carbocycles. The Morgan fingerprint density at radius 1 is 1.29 bits per heavy atom. The second-order valence-corrected chi connectivity index (χ2v) is 6.89. The number of nitrogens with one attached hydrogen (secondary N) is 2. The molecule has 1 aliphatic heterocycles. The Kier molecular flexibility index (Phi) is 5.30. The van der Waals surface area contributed by atoms with Gasteiger partial charge in [-0.1, -0.05) is 24.3 Å². The van der Waals surface area contributed by atoms with Crippen molar-refractivity contribution in [3.8, 4) is 0 Å². The van der Waals surface area contributed by atoms with Crippen molar-refractivity contribution in [2.75, 3.05) is 19.6 Å². The van der Waals surface area contributed by atoms with Crippen molar-refractivity contribution in [2.24, 2.45) is 5.92 Å². The number of carbonyl (C=O) groups excluding carboxylic acids is 1. The van der Waals surface area contributed by atoms with Gasteiger partial charge in [-0.2, -0.15) is 0 Å². The Balaban J connectivity index is 1.49. The molecule has 2 heterocycles. The van der Waals surface area contributed by atoms with Crippen LogP contribution in [0.4, 0.5) is 4.79 Å². The maximum Gasteiger partial charge on any atom is 0.314 e. The summed E-state index contributed by atoms with van der Waals surface area (Å²) < 4.78 is 0. The van der Waals surface area contributed by atoms with E-state index in [1.165, 1.54) is 5.39 Å². The monoisotopic (exact) mass is 326 g/mol. The summed E-state index contributed by atoms with van der Waals surface area (Å²) >= 11 is 0. The summed E-state index contributed by atoms with van der Waals surface area (Å²) in [4.78, 5) is 18.8. The first kappa shape index (κ1) is 16.7. The van der Waals surface area contributed by atoms with E-state index in [2.05, 4.69) is 39.8 Å². The van der Waals surface area contributed by atoms with Crippen LogP contribution in [0.2, 0.25) is 0 Å². The molecule has 2 N–H and O–H groups in total. The zero-order valence-electron chi connectivity index (χ0n) is 14.5. The van der Waals surface area contributed by atoms with Gasteiger partial charge in [0.15, 0.2) is 0 Å². The highest BCUT2D eigenvalue weighted by atomic mass is 16.2. The number of pyridine rings is 1. The number of amides is 2. The molecule has 0 spiro atoms. The lowest BCUT2D eigenvalue weighted by atomic mass is 10.1. The van der Waals surface area contributed by atoms with Crippen LogP contribution in [-0.4, -0.2) is 41.6 Å². The molecule has 0 radical (unpaired) electrons. The summed E-state index contributed by atoms with van der Waals surface area (Å²) in [7, 11) is 0. The zero-order chi connectivity index (χ0) is 16.9. The predicted molar refractivity (Wildman–Crippen MR) is 96.8 cm³/mol. The number of hydrogen-bond acceptors (Lipinski definition) is 3. The van der Waals surface area contributed by atoms with E-state index in [-0.39, 0.29) is 12.1 Å². The molecule has 2 aromatic rings. The normalized spacial score (nSPS) is 18.2. The van der Waals surface area contributed by atoms with E-state index >= 15 is 0 Å². The van der Waals surface area contributed by atoms with E-state index in [4.69, 9.17) is 4.98 Å². The lowest BCUT2D eigenvalue weighted by molar-refractivity contribution is 0.236. The number of benzene rings is 1. The summed E-state index contributed by atoms with van der Waals surface area (Å²) in [5, 5.41) is 7.01. The van der Waals surface area contributed by atoms with Gasteiger partial charge < -0.3 is 10.6 Å². The van der Waals surface area contributed by atoms with Gasteiger partial charge in [0.1, 0.15) is 0 Å².